The van der Waals surface area contributed by atoms with Crippen molar-refractivity contribution in [3.8, 4) is 17.0 Å². The Labute approximate surface area is 130 Å². The fraction of sp³-hybridized carbons (Fsp3) is 0.412. The molecule has 22 heavy (non-hydrogen) atoms. The topological polar surface area (TPSA) is 70.1 Å². The largest absolute Gasteiger partial charge is 0.491 e. The van der Waals surface area contributed by atoms with Crippen molar-refractivity contribution >= 4 is 5.69 Å². The third-order valence-electron chi connectivity index (χ3n) is 3.25. The van der Waals surface area contributed by atoms with Crippen LogP contribution in [0.1, 0.15) is 33.6 Å². The van der Waals surface area contributed by atoms with Gasteiger partial charge in [-0.15, -0.1) is 0 Å². The number of nitrogens with two attached hydrogens (primary N) is 1. The number of unbranched alkanes of at least 4 members (excludes halogenated alkanes) is 1. The van der Waals surface area contributed by atoms with Gasteiger partial charge in [-0.1, -0.05) is 13.3 Å². The summed E-state index contributed by atoms with van der Waals surface area (Å²) in [6.07, 6.45) is 2.03. The predicted octanol–water partition coefficient (Wildman–Crippen LogP) is 3.08. The van der Waals surface area contributed by atoms with E-state index >= 15 is 0 Å². The number of rotatable bonds is 6. The highest BCUT2D eigenvalue weighted by molar-refractivity contribution is 5.62. The second-order valence-corrected chi connectivity index (χ2v) is 5.56. The molecule has 0 saturated heterocycles. The fourth-order valence-electron chi connectivity index (χ4n) is 2.14. The Kier molecular flexibility index (Phi) is 5.20. The number of anilines is 1. The Morgan fingerprint density at radius 1 is 1.27 bits per heavy atom. The second-order valence-electron chi connectivity index (χ2n) is 5.56. The molecular formula is C17H23N3O2. The van der Waals surface area contributed by atoms with Crippen LogP contribution in [0.25, 0.3) is 11.3 Å². The molecule has 0 aliphatic rings. The van der Waals surface area contributed by atoms with Gasteiger partial charge in [-0.3, -0.25) is 4.79 Å². The Morgan fingerprint density at radius 2 is 1.95 bits per heavy atom. The van der Waals surface area contributed by atoms with Crippen molar-refractivity contribution in [2.45, 2.75) is 46.3 Å². The Morgan fingerprint density at radius 3 is 2.55 bits per heavy atom. The molecule has 0 saturated carbocycles. The molecule has 1 heterocycles. The first-order valence-corrected chi connectivity index (χ1v) is 7.66. The van der Waals surface area contributed by atoms with Gasteiger partial charge in [-0.2, -0.15) is 5.10 Å². The molecule has 1 aromatic carbocycles. The summed E-state index contributed by atoms with van der Waals surface area (Å²) < 4.78 is 7.08. The van der Waals surface area contributed by atoms with E-state index in [-0.39, 0.29) is 17.4 Å². The molecule has 118 valence electrons. The monoisotopic (exact) mass is 301 g/mol. The van der Waals surface area contributed by atoms with E-state index in [0.29, 0.717) is 12.2 Å². The molecular weight excluding hydrogens is 278 g/mol. The number of hydrogen-bond donors (Lipinski definition) is 1. The number of nitrogens with zero attached hydrogens (tertiary/aromatic N) is 2. The molecule has 0 amide bonds. The highest BCUT2D eigenvalue weighted by atomic mass is 16.5. The van der Waals surface area contributed by atoms with Crippen molar-refractivity contribution < 1.29 is 4.74 Å². The van der Waals surface area contributed by atoms with Gasteiger partial charge in [0.15, 0.2) is 0 Å². The number of hydrogen-bond acceptors (Lipinski definition) is 4. The molecule has 2 N–H and O–H groups in total. The lowest BCUT2D eigenvalue weighted by Gasteiger charge is -2.11. The average molecular weight is 301 g/mol. The third kappa shape index (κ3) is 3.87. The zero-order chi connectivity index (χ0) is 16.1. The highest BCUT2D eigenvalue weighted by Crippen LogP contribution is 2.21. The summed E-state index contributed by atoms with van der Waals surface area (Å²) in [6, 6.07) is 9.27. The summed E-state index contributed by atoms with van der Waals surface area (Å²) in [5, 5.41) is 4.41. The Balaban J connectivity index is 2.31. The molecule has 0 atom stereocenters. The van der Waals surface area contributed by atoms with Gasteiger partial charge in [0.2, 0.25) is 0 Å². The maximum absolute atomic E-state index is 12.0. The van der Waals surface area contributed by atoms with Gasteiger partial charge in [-0.05, 0) is 50.6 Å². The molecule has 0 unspecified atom stereocenters. The van der Waals surface area contributed by atoms with E-state index in [4.69, 9.17) is 10.5 Å². The lowest BCUT2D eigenvalue weighted by Crippen LogP contribution is -2.25. The minimum absolute atomic E-state index is 0.135. The second kappa shape index (κ2) is 7.11. The standard InChI is InChI=1S/C17H23N3O2/c1-4-5-10-20-17(21)15(18)11-16(19-20)13-6-8-14(9-7-13)22-12(2)3/h6-9,11-12H,4-5,10,18H2,1-3H3. The van der Waals surface area contributed by atoms with Crippen molar-refractivity contribution in [1.29, 1.82) is 0 Å². The number of aryl methyl sites for hydroxylation is 1. The zero-order valence-corrected chi connectivity index (χ0v) is 13.4. The van der Waals surface area contributed by atoms with Crippen LogP contribution in [-0.4, -0.2) is 15.9 Å². The molecule has 5 nitrogen and oxygen atoms in total. The first-order valence-electron chi connectivity index (χ1n) is 7.66. The molecule has 0 aliphatic carbocycles. The van der Waals surface area contributed by atoms with E-state index in [2.05, 4.69) is 12.0 Å². The van der Waals surface area contributed by atoms with Crippen molar-refractivity contribution in [2.75, 3.05) is 5.73 Å². The van der Waals surface area contributed by atoms with E-state index in [9.17, 15) is 4.79 Å². The summed E-state index contributed by atoms with van der Waals surface area (Å²) in [5.41, 5.74) is 7.44. The Bertz CT molecular complexity index is 675. The van der Waals surface area contributed by atoms with Crippen LogP contribution in [-0.2, 0) is 6.54 Å². The average Bonchev–Trinajstić information content (AvgIpc) is 2.49. The number of aromatic nitrogens is 2. The van der Waals surface area contributed by atoms with Crippen LogP contribution >= 0.6 is 0 Å². The first kappa shape index (κ1) is 16.1. The first-order chi connectivity index (χ1) is 10.5. The minimum atomic E-state index is -0.225. The van der Waals surface area contributed by atoms with Gasteiger partial charge in [0.1, 0.15) is 11.4 Å². The summed E-state index contributed by atoms with van der Waals surface area (Å²) in [5.74, 6) is 0.811. The molecule has 0 fully saturated rings. The maximum Gasteiger partial charge on any atom is 0.289 e. The quantitative estimate of drug-likeness (QED) is 0.890. The van der Waals surface area contributed by atoms with E-state index < -0.39 is 0 Å². The predicted molar refractivity (Wildman–Crippen MR) is 89.0 cm³/mol. The molecule has 0 bridgehead atoms. The summed E-state index contributed by atoms with van der Waals surface area (Å²) in [4.78, 5) is 12.0. The fourth-order valence-corrected chi connectivity index (χ4v) is 2.14. The molecule has 1 aromatic heterocycles. The van der Waals surface area contributed by atoms with Gasteiger partial charge in [-0.25, -0.2) is 4.68 Å². The SMILES string of the molecule is CCCCn1nc(-c2ccc(OC(C)C)cc2)cc(N)c1=O. The smallest absolute Gasteiger partial charge is 0.289 e. The molecule has 5 heteroatoms. The lowest BCUT2D eigenvalue weighted by atomic mass is 10.1. The Hall–Kier alpha value is -2.30. The maximum atomic E-state index is 12.0. The van der Waals surface area contributed by atoms with E-state index in [0.717, 1.165) is 24.2 Å². The zero-order valence-electron chi connectivity index (χ0n) is 13.4. The van der Waals surface area contributed by atoms with Crippen LogP contribution in [0.2, 0.25) is 0 Å². The van der Waals surface area contributed by atoms with Crippen molar-refractivity contribution in [3.63, 3.8) is 0 Å². The minimum Gasteiger partial charge on any atom is -0.491 e. The molecule has 0 radical (unpaired) electrons. The van der Waals surface area contributed by atoms with Crippen LogP contribution in [0, 0.1) is 0 Å². The summed E-state index contributed by atoms with van der Waals surface area (Å²) in [7, 11) is 0. The van der Waals surface area contributed by atoms with Crippen molar-refractivity contribution in [1.82, 2.24) is 9.78 Å². The molecule has 2 rings (SSSR count). The van der Waals surface area contributed by atoms with Crippen LogP contribution in [0.5, 0.6) is 5.75 Å². The van der Waals surface area contributed by atoms with Crippen LogP contribution in [0.15, 0.2) is 35.1 Å². The van der Waals surface area contributed by atoms with Crippen molar-refractivity contribution in [3.05, 3.63) is 40.7 Å². The highest BCUT2D eigenvalue weighted by Gasteiger charge is 2.08. The molecule has 0 aliphatic heterocycles. The van der Waals surface area contributed by atoms with Gasteiger partial charge in [0.05, 0.1) is 11.8 Å². The number of benzene rings is 1. The molecule has 0 spiro atoms. The van der Waals surface area contributed by atoms with Crippen molar-refractivity contribution in [2.24, 2.45) is 0 Å². The summed E-state index contributed by atoms with van der Waals surface area (Å²) in [6.45, 7) is 6.63. The lowest BCUT2D eigenvalue weighted by molar-refractivity contribution is 0.242. The third-order valence-corrected chi connectivity index (χ3v) is 3.25. The van der Waals surface area contributed by atoms with Gasteiger partial charge < -0.3 is 10.5 Å². The van der Waals surface area contributed by atoms with Crippen LogP contribution < -0.4 is 16.0 Å². The number of ether oxygens (including phenoxy) is 1. The molecule has 2 aromatic rings. The number of nitrogen functional groups attached to an aromatic ring is 1. The van der Waals surface area contributed by atoms with E-state index in [1.165, 1.54) is 4.68 Å². The van der Waals surface area contributed by atoms with Gasteiger partial charge in [0.25, 0.3) is 5.56 Å². The van der Waals surface area contributed by atoms with Crippen LogP contribution in [0.4, 0.5) is 5.69 Å². The normalized spacial score (nSPS) is 10.9. The van der Waals surface area contributed by atoms with Crippen LogP contribution in [0.3, 0.4) is 0 Å². The summed E-state index contributed by atoms with van der Waals surface area (Å²) >= 11 is 0. The van der Waals surface area contributed by atoms with E-state index in [1.54, 1.807) is 6.07 Å². The van der Waals surface area contributed by atoms with Gasteiger partial charge in [0, 0.05) is 12.1 Å². The van der Waals surface area contributed by atoms with E-state index in [1.807, 2.05) is 38.1 Å². The van der Waals surface area contributed by atoms with Gasteiger partial charge >= 0.3 is 0 Å².